The first-order chi connectivity index (χ1) is 22.4. The van der Waals surface area contributed by atoms with Crippen molar-refractivity contribution in [3.63, 3.8) is 0 Å². The van der Waals surface area contributed by atoms with E-state index in [0.29, 0.717) is 18.0 Å². The van der Waals surface area contributed by atoms with Crippen LogP contribution < -0.4 is 18.9 Å². The lowest BCUT2D eigenvalue weighted by Gasteiger charge is -2.56. The molecule has 0 saturated carbocycles. The molecule has 2 fully saturated rings. The van der Waals surface area contributed by atoms with Gasteiger partial charge in [-0.2, -0.15) is 0 Å². The summed E-state index contributed by atoms with van der Waals surface area (Å²) >= 11 is 0. The minimum Gasteiger partial charge on any atom is -0.497 e. The molecule has 8 aliphatic rings. The van der Waals surface area contributed by atoms with Crippen molar-refractivity contribution in [1.29, 1.82) is 0 Å². The quantitative estimate of drug-likeness (QED) is 0.475. The van der Waals surface area contributed by atoms with Crippen molar-refractivity contribution in [1.82, 2.24) is 9.80 Å². The third-order valence-corrected chi connectivity index (χ3v) is 12.8. The summed E-state index contributed by atoms with van der Waals surface area (Å²) in [6, 6.07) is 9.63. The highest BCUT2D eigenvalue weighted by Crippen LogP contribution is 2.64. The topological polar surface area (TPSA) is 61.9 Å². The number of rotatable bonds is 4. The molecule has 46 heavy (non-hydrogen) atoms. The van der Waals surface area contributed by atoms with E-state index in [1.807, 2.05) is 6.07 Å². The molecule has 4 aliphatic heterocycles. The smallest absolute Gasteiger partial charge is 0.169 e. The number of likely N-dealkylation sites (tertiary alicyclic amines) is 2. The van der Waals surface area contributed by atoms with Crippen molar-refractivity contribution in [3.8, 4) is 23.0 Å². The van der Waals surface area contributed by atoms with Crippen LogP contribution in [-0.4, -0.2) is 89.7 Å². The fourth-order valence-electron chi connectivity index (χ4n) is 10.8. The van der Waals surface area contributed by atoms with Gasteiger partial charge in [-0.1, -0.05) is 18.2 Å². The lowest BCUT2D eigenvalue weighted by Crippen LogP contribution is -2.63. The van der Waals surface area contributed by atoms with Crippen LogP contribution in [0, 0.1) is 5.92 Å². The van der Waals surface area contributed by atoms with Gasteiger partial charge in [-0.25, -0.2) is 0 Å². The van der Waals surface area contributed by atoms with E-state index < -0.39 is 0 Å². The van der Waals surface area contributed by atoms with Crippen LogP contribution in [0.2, 0.25) is 0 Å². The van der Waals surface area contributed by atoms with Crippen molar-refractivity contribution >= 4 is 0 Å². The molecule has 4 bridgehead atoms. The average molecular weight is 625 g/mol. The Bertz CT molecular complexity index is 1730. The molecule has 0 unspecified atom stereocenters. The summed E-state index contributed by atoms with van der Waals surface area (Å²) in [6.07, 6.45) is 12.0. The van der Waals surface area contributed by atoms with E-state index in [0.717, 1.165) is 79.7 Å². The van der Waals surface area contributed by atoms with E-state index in [1.165, 1.54) is 27.8 Å². The van der Waals surface area contributed by atoms with Crippen LogP contribution in [0.5, 0.6) is 23.0 Å². The average Bonchev–Trinajstić information content (AvgIpc) is 3.62. The maximum absolute atomic E-state index is 6.50. The van der Waals surface area contributed by atoms with E-state index in [2.05, 4.69) is 60.3 Å². The van der Waals surface area contributed by atoms with Crippen molar-refractivity contribution in [2.45, 2.75) is 67.2 Å². The predicted octanol–water partition coefficient (Wildman–Crippen LogP) is 4.93. The highest BCUT2D eigenvalue weighted by atomic mass is 16.6. The van der Waals surface area contributed by atoms with Crippen LogP contribution in [0.4, 0.5) is 0 Å². The van der Waals surface area contributed by atoms with Gasteiger partial charge in [-0.15, -0.1) is 0 Å². The van der Waals surface area contributed by atoms with Gasteiger partial charge in [0.05, 0.1) is 33.9 Å². The number of methoxy groups -OCH3 is 4. The first-order valence-electron chi connectivity index (χ1n) is 16.8. The Kier molecular flexibility index (Phi) is 6.18. The van der Waals surface area contributed by atoms with Gasteiger partial charge < -0.3 is 33.3 Å². The number of hydrogen-bond donors (Lipinski definition) is 0. The van der Waals surface area contributed by atoms with E-state index in [1.54, 1.807) is 28.4 Å². The van der Waals surface area contributed by atoms with E-state index in [4.69, 9.17) is 28.4 Å². The van der Waals surface area contributed by atoms with Crippen LogP contribution in [0.1, 0.15) is 41.5 Å². The molecule has 7 atom stereocenters. The van der Waals surface area contributed by atoms with Gasteiger partial charge in [0.2, 0.25) is 0 Å². The SMILES string of the molecule is COC1=CC=C2[C@H]3Cc4ccc(OC)c5c4[C@@]2(CCN3C)[C@H]1O5.COC1=CC[C@H]2[C@H]3Cc4ccc(OC)c5c4[C@@]2(CCN3C)[C@H]1O5. The maximum Gasteiger partial charge on any atom is 0.169 e. The zero-order valence-electron chi connectivity index (χ0n) is 27.7. The number of ether oxygens (including phenoxy) is 6. The second-order valence-corrected chi connectivity index (χ2v) is 14.3. The number of allylic oxidation sites excluding steroid dienone is 3. The summed E-state index contributed by atoms with van der Waals surface area (Å²) in [7, 11) is 11.4. The van der Waals surface area contributed by atoms with Gasteiger partial charge >= 0.3 is 0 Å². The summed E-state index contributed by atoms with van der Waals surface area (Å²) in [6.45, 7) is 2.20. The number of benzene rings is 2. The Hall–Kier alpha value is -3.62. The van der Waals surface area contributed by atoms with Crippen molar-refractivity contribution < 1.29 is 28.4 Å². The second kappa shape index (κ2) is 9.94. The summed E-state index contributed by atoms with van der Waals surface area (Å²) in [4.78, 5) is 5.02. The molecule has 0 radical (unpaired) electrons. The minimum absolute atomic E-state index is 0.00722. The Labute approximate surface area is 271 Å². The van der Waals surface area contributed by atoms with Gasteiger partial charge in [0.1, 0.15) is 11.5 Å². The van der Waals surface area contributed by atoms with Crippen LogP contribution in [0.15, 0.2) is 59.6 Å². The van der Waals surface area contributed by atoms with Crippen molar-refractivity contribution in [2.75, 3.05) is 55.6 Å². The number of piperidine rings is 2. The van der Waals surface area contributed by atoms with Crippen LogP contribution >= 0.6 is 0 Å². The molecule has 4 heterocycles. The normalized spacial score (nSPS) is 35.1. The zero-order chi connectivity index (χ0) is 31.5. The number of likely N-dealkylation sites (N-methyl/N-ethyl adjacent to an activating group) is 2. The van der Waals surface area contributed by atoms with Crippen LogP contribution in [0.25, 0.3) is 0 Å². The first kappa shape index (κ1) is 28.6. The molecular weight excluding hydrogens is 580 g/mol. The number of hydrogen-bond acceptors (Lipinski definition) is 8. The minimum atomic E-state index is -0.0747. The monoisotopic (exact) mass is 624 g/mol. The van der Waals surface area contributed by atoms with Gasteiger partial charge in [0.25, 0.3) is 0 Å². The third kappa shape index (κ3) is 3.37. The Morgan fingerprint density at radius 1 is 0.717 bits per heavy atom. The third-order valence-electron chi connectivity index (χ3n) is 12.8. The van der Waals surface area contributed by atoms with Crippen molar-refractivity contribution in [2.24, 2.45) is 5.92 Å². The maximum atomic E-state index is 6.50. The highest BCUT2D eigenvalue weighted by Gasteiger charge is 2.65. The molecule has 2 aromatic rings. The van der Waals surface area contributed by atoms with Crippen LogP contribution in [-0.2, 0) is 33.1 Å². The molecule has 8 nitrogen and oxygen atoms in total. The molecular formula is C38H44N2O6. The fourth-order valence-corrected chi connectivity index (χ4v) is 10.8. The molecule has 4 aliphatic carbocycles. The Balaban J connectivity index is 0.000000127. The van der Waals surface area contributed by atoms with Gasteiger partial charge in [0, 0.05) is 28.6 Å². The molecule has 8 heteroatoms. The zero-order valence-corrected chi connectivity index (χ0v) is 27.7. The summed E-state index contributed by atoms with van der Waals surface area (Å²) in [5.41, 5.74) is 7.07. The molecule has 0 aromatic heterocycles. The predicted molar refractivity (Wildman–Crippen MR) is 174 cm³/mol. The standard InChI is InChI=1S/C19H23NO3.C19H21NO3/c2*1-20-9-8-19-12-5-7-15(22-3)18(19)23-17-14(21-2)6-4-11(16(17)19)10-13(12)20/h4,6-7,12-13,18H,5,8-10H2,1-3H3;4-7,13,18H,8-10H2,1-3H3/t12-,13+,18-,19-;13-,18+,19+/m01/s1. The molecule has 2 spiro atoms. The van der Waals surface area contributed by atoms with Gasteiger partial charge in [0.15, 0.2) is 35.2 Å². The first-order valence-corrected chi connectivity index (χ1v) is 16.8. The second-order valence-electron chi connectivity index (χ2n) is 14.3. The molecule has 0 amide bonds. The van der Waals surface area contributed by atoms with E-state index >= 15 is 0 Å². The molecule has 0 N–H and O–H groups in total. The van der Waals surface area contributed by atoms with E-state index in [-0.39, 0.29) is 23.0 Å². The molecule has 242 valence electrons. The molecule has 10 rings (SSSR count). The fraction of sp³-hybridized carbons (Fsp3) is 0.526. The Morgan fingerprint density at radius 2 is 1.39 bits per heavy atom. The van der Waals surface area contributed by atoms with Gasteiger partial charge in [-0.05, 0) is 106 Å². The van der Waals surface area contributed by atoms with Crippen molar-refractivity contribution in [3.05, 3.63) is 81.8 Å². The summed E-state index contributed by atoms with van der Waals surface area (Å²) in [5, 5.41) is 0. The summed E-state index contributed by atoms with van der Waals surface area (Å²) in [5.74, 6) is 6.10. The van der Waals surface area contributed by atoms with E-state index in [9.17, 15) is 0 Å². The number of nitrogens with zero attached hydrogens (tertiary/aromatic N) is 2. The summed E-state index contributed by atoms with van der Waals surface area (Å²) < 4.78 is 35.5. The lowest BCUT2D eigenvalue weighted by molar-refractivity contribution is -0.0267. The Morgan fingerprint density at radius 3 is 2.11 bits per heavy atom. The molecule has 2 saturated heterocycles. The largest absolute Gasteiger partial charge is 0.497 e. The lowest BCUT2D eigenvalue weighted by atomic mass is 9.53. The molecule has 2 aromatic carbocycles. The van der Waals surface area contributed by atoms with Gasteiger partial charge in [-0.3, -0.25) is 4.90 Å². The van der Waals surface area contributed by atoms with Crippen LogP contribution in [0.3, 0.4) is 0 Å². The highest BCUT2D eigenvalue weighted by molar-refractivity contribution is 5.68.